The zero-order valence-electron chi connectivity index (χ0n) is 8.91. The van der Waals surface area contributed by atoms with Crippen molar-refractivity contribution in [3.63, 3.8) is 0 Å². The molecule has 0 aliphatic rings. The summed E-state index contributed by atoms with van der Waals surface area (Å²) in [6, 6.07) is 9.91. The number of hydrogen-bond acceptors (Lipinski definition) is 2. The SMILES string of the molecule is CC(C)C(C)(C#N)c1ccc(N)cc1. The first-order chi connectivity index (χ1) is 6.50. The Bertz CT molecular complexity index is 346. The average molecular weight is 188 g/mol. The number of nitrogens with zero attached hydrogens (tertiary/aromatic N) is 1. The molecule has 2 N–H and O–H groups in total. The van der Waals surface area contributed by atoms with E-state index in [0.29, 0.717) is 0 Å². The van der Waals surface area contributed by atoms with Crippen molar-refractivity contribution >= 4 is 5.69 Å². The third kappa shape index (κ3) is 1.72. The predicted octanol–water partition coefficient (Wildman–Crippen LogP) is 2.71. The molecule has 0 aromatic heterocycles. The lowest BCUT2D eigenvalue weighted by molar-refractivity contribution is 0.431. The molecule has 0 aliphatic carbocycles. The van der Waals surface area contributed by atoms with Crippen LogP contribution in [-0.2, 0) is 5.41 Å². The molecule has 0 radical (unpaired) electrons. The van der Waals surface area contributed by atoms with Gasteiger partial charge in [0.05, 0.1) is 11.5 Å². The van der Waals surface area contributed by atoms with E-state index in [1.165, 1.54) is 0 Å². The van der Waals surface area contributed by atoms with Crippen molar-refractivity contribution in [2.45, 2.75) is 26.2 Å². The molecule has 74 valence electrons. The van der Waals surface area contributed by atoms with Crippen LogP contribution in [-0.4, -0.2) is 0 Å². The van der Waals surface area contributed by atoms with Gasteiger partial charge < -0.3 is 5.73 Å². The van der Waals surface area contributed by atoms with Gasteiger partial charge in [0.15, 0.2) is 0 Å². The number of benzene rings is 1. The molecule has 1 aromatic carbocycles. The standard InChI is InChI=1S/C12H16N2/c1-9(2)12(3,8-13)10-4-6-11(14)7-5-10/h4-7,9H,14H2,1-3H3. The molecule has 1 unspecified atom stereocenters. The minimum Gasteiger partial charge on any atom is -0.399 e. The number of rotatable bonds is 2. The van der Waals surface area contributed by atoms with Gasteiger partial charge in [0, 0.05) is 5.69 Å². The first-order valence-corrected chi connectivity index (χ1v) is 4.78. The van der Waals surface area contributed by atoms with Gasteiger partial charge in [-0.15, -0.1) is 0 Å². The summed E-state index contributed by atoms with van der Waals surface area (Å²) in [5.74, 6) is 0.288. The van der Waals surface area contributed by atoms with E-state index >= 15 is 0 Å². The van der Waals surface area contributed by atoms with Gasteiger partial charge >= 0.3 is 0 Å². The van der Waals surface area contributed by atoms with Crippen LogP contribution >= 0.6 is 0 Å². The van der Waals surface area contributed by atoms with Crippen LogP contribution in [0.1, 0.15) is 26.3 Å². The summed E-state index contributed by atoms with van der Waals surface area (Å²) in [7, 11) is 0. The minimum atomic E-state index is -0.423. The van der Waals surface area contributed by atoms with E-state index in [1.807, 2.05) is 31.2 Å². The molecule has 0 spiro atoms. The van der Waals surface area contributed by atoms with Crippen LogP contribution in [0, 0.1) is 17.2 Å². The largest absolute Gasteiger partial charge is 0.399 e. The van der Waals surface area contributed by atoms with E-state index in [2.05, 4.69) is 19.9 Å². The van der Waals surface area contributed by atoms with Gasteiger partial charge in [-0.25, -0.2) is 0 Å². The lowest BCUT2D eigenvalue weighted by atomic mass is 9.75. The highest BCUT2D eigenvalue weighted by molar-refractivity contribution is 5.43. The Morgan fingerprint density at radius 1 is 1.29 bits per heavy atom. The van der Waals surface area contributed by atoms with E-state index in [4.69, 9.17) is 5.73 Å². The highest BCUT2D eigenvalue weighted by Crippen LogP contribution is 2.31. The highest BCUT2D eigenvalue weighted by atomic mass is 14.5. The van der Waals surface area contributed by atoms with Gasteiger partial charge in [0.2, 0.25) is 0 Å². The summed E-state index contributed by atoms with van der Waals surface area (Å²) < 4.78 is 0. The number of nitriles is 1. The molecule has 0 saturated heterocycles. The maximum atomic E-state index is 9.20. The van der Waals surface area contributed by atoms with E-state index in [9.17, 15) is 5.26 Å². The Labute approximate surface area is 85.4 Å². The number of hydrogen-bond donors (Lipinski definition) is 1. The Kier molecular flexibility index (Phi) is 2.81. The second kappa shape index (κ2) is 3.71. The Balaban J connectivity index is 3.15. The first-order valence-electron chi connectivity index (χ1n) is 4.78. The van der Waals surface area contributed by atoms with Crippen molar-refractivity contribution in [1.29, 1.82) is 5.26 Å². The summed E-state index contributed by atoms with van der Waals surface area (Å²) in [4.78, 5) is 0. The fourth-order valence-corrected chi connectivity index (χ4v) is 1.36. The fraction of sp³-hybridized carbons (Fsp3) is 0.417. The van der Waals surface area contributed by atoms with E-state index in [1.54, 1.807) is 0 Å². The van der Waals surface area contributed by atoms with Crippen molar-refractivity contribution in [2.75, 3.05) is 5.73 Å². The fourth-order valence-electron chi connectivity index (χ4n) is 1.36. The van der Waals surface area contributed by atoms with Gasteiger partial charge in [-0.2, -0.15) is 5.26 Å². The van der Waals surface area contributed by atoms with Crippen molar-refractivity contribution in [3.8, 4) is 6.07 Å². The summed E-state index contributed by atoms with van der Waals surface area (Å²) in [5, 5.41) is 9.20. The van der Waals surface area contributed by atoms with Crippen LogP contribution in [0.15, 0.2) is 24.3 Å². The van der Waals surface area contributed by atoms with Gasteiger partial charge in [-0.3, -0.25) is 0 Å². The van der Waals surface area contributed by atoms with Crippen molar-refractivity contribution in [1.82, 2.24) is 0 Å². The zero-order chi connectivity index (χ0) is 10.8. The molecule has 0 fully saturated rings. The van der Waals surface area contributed by atoms with Crippen LogP contribution in [0.25, 0.3) is 0 Å². The molecule has 1 rings (SSSR count). The van der Waals surface area contributed by atoms with Gasteiger partial charge in [0.1, 0.15) is 0 Å². The molecule has 0 heterocycles. The molecule has 0 amide bonds. The topological polar surface area (TPSA) is 49.8 Å². The highest BCUT2D eigenvalue weighted by Gasteiger charge is 2.29. The summed E-state index contributed by atoms with van der Waals surface area (Å²) in [6.45, 7) is 6.07. The third-order valence-electron chi connectivity index (χ3n) is 2.90. The molecule has 1 atom stereocenters. The third-order valence-corrected chi connectivity index (χ3v) is 2.90. The Morgan fingerprint density at radius 2 is 1.79 bits per heavy atom. The smallest absolute Gasteiger partial charge is 0.0817 e. The van der Waals surface area contributed by atoms with Gasteiger partial charge in [0.25, 0.3) is 0 Å². The van der Waals surface area contributed by atoms with Crippen molar-refractivity contribution < 1.29 is 0 Å². The second-order valence-electron chi connectivity index (χ2n) is 4.09. The molecule has 0 aliphatic heterocycles. The second-order valence-corrected chi connectivity index (χ2v) is 4.09. The Morgan fingerprint density at radius 3 is 2.14 bits per heavy atom. The average Bonchev–Trinajstić information content (AvgIpc) is 2.17. The molecule has 2 nitrogen and oxygen atoms in total. The van der Waals surface area contributed by atoms with Crippen LogP contribution in [0.4, 0.5) is 5.69 Å². The molecular weight excluding hydrogens is 172 g/mol. The molecule has 0 bridgehead atoms. The number of nitrogen functional groups attached to an aromatic ring is 1. The number of nitrogens with two attached hydrogens (primary N) is 1. The minimum absolute atomic E-state index is 0.288. The lowest BCUT2D eigenvalue weighted by Gasteiger charge is -2.26. The van der Waals surface area contributed by atoms with E-state index in [0.717, 1.165) is 11.3 Å². The predicted molar refractivity (Wildman–Crippen MR) is 58.7 cm³/mol. The van der Waals surface area contributed by atoms with Crippen molar-refractivity contribution in [3.05, 3.63) is 29.8 Å². The van der Waals surface area contributed by atoms with Crippen LogP contribution in [0.2, 0.25) is 0 Å². The monoisotopic (exact) mass is 188 g/mol. The normalized spacial score (nSPS) is 14.8. The van der Waals surface area contributed by atoms with Crippen LogP contribution < -0.4 is 5.73 Å². The maximum absolute atomic E-state index is 9.20. The van der Waals surface area contributed by atoms with E-state index in [-0.39, 0.29) is 5.92 Å². The quantitative estimate of drug-likeness (QED) is 0.725. The summed E-state index contributed by atoms with van der Waals surface area (Å²) >= 11 is 0. The number of anilines is 1. The van der Waals surface area contributed by atoms with Crippen LogP contribution in [0.3, 0.4) is 0 Å². The maximum Gasteiger partial charge on any atom is 0.0817 e. The molecule has 0 saturated carbocycles. The summed E-state index contributed by atoms with van der Waals surface area (Å²) in [5.41, 5.74) is 6.95. The lowest BCUT2D eigenvalue weighted by Crippen LogP contribution is -2.26. The van der Waals surface area contributed by atoms with Crippen molar-refractivity contribution in [2.24, 2.45) is 5.92 Å². The summed E-state index contributed by atoms with van der Waals surface area (Å²) in [6.07, 6.45) is 0. The molecular formula is C12H16N2. The first kappa shape index (κ1) is 10.6. The Hall–Kier alpha value is -1.49. The molecule has 2 heteroatoms. The zero-order valence-corrected chi connectivity index (χ0v) is 8.91. The van der Waals surface area contributed by atoms with Gasteiger partial charge in [-0.05, 0) is 30.5 Å². The van der Waals surface area contributed by atoms with E-state index < -0.39 is 5.41 Å². The molecule has 14 heavy (non-hydrogen) atoms. The van der Waals surface area contributed by atoms with Crippen LogP contribution in [0.5, 0.6) is 0 Å². The molecule has 1 aromatic rings. The van der Waals surface area contributed by atoms with Gasteiger partial charge in [-0.1, -0.05) is 26.0 Å².